The van der Waals surface area contributed by atoms with Crippen LogP contribution in [0.5, 0.6) is 0 Å². The van der Waals surface area contributed by atoms with Gasteiger partial charge in [-0.1, -0.05) is 50.2 Å². The number of benzene rings is 2. The summed E-state index contributed by atoms with van der Waals surface area (Å²) >= 11 is 0. The summed E-state index contributed by atoms with van der Waals surface area (Å²) in [5.74, 6) is -0.350. The number of alkyl halides is 3. The molecule has 30 heavy (non-hydrogen) atoms. The zero-order valence-electron chi connectivity index (χ0n) is 17.0. The maximum absolute atomic E-state index is 13.0. The Bertz CT molecular complexity index is 961. The van der Waals surface area contributed by atoms with Gasteiger partial charge in [0.1, 0.15) is 6.54 Å². The molecule has 1 N–H and O–H groups in total. The Morgan fingerprint density at radius 3 is 2.23 bits per heavy atom. The van der Waals surface area contributed by atoms with Crippen LogP contribution < -0.4 is 9.62 Å². The Morgan fingerprint density at radius 2 is 1.70 bits per heavy atom. The highest BCUT2D eigenvalue weighted by Gasteiger charge is 2.32. The van der Waals surface area contributed by atoms with Crippen molar-refractivity contribution < 1.29 is 26.4 Å². The van der Waals surface area contributed by atoms with E-state index in [9.17, 15) is 26.4 Å². The standard InChI is InChI=1S/C21H25F3N2O3S/c1-15(2)12-19(16-8-5-4-6-9-16)25-20(27)14-26(30(3,28)29)18-11-7-10-17(13-18)21(22,23)24/h4-11,13,15,19H,12,14H2,1-3H3,(H,25,27)/t19-/m0/s1. The molecule has 0 saturated heterocycles. The molecular weight excluding hydrogens is 417 g/mol. The van der Waals surface area contributed by atoms with E-state index >= 15 is 0 Å². The molecule has 0 aliphatic carbocycles. The summed E-state index contributed by atoms with van der Waals surface area (Å²) in [6.45, 7) is 3.36. The van der Waals surface area contributed by atoms with Gasteiger partial charge in [0.2, 0.25) is 15.9 Å². The van der Waals surface area contributed by atoms with Gasteiger partial charge in [-0.2, -0.15) is 13.2 Å². The molecule has 1 atom stereocenters. The van der Waals surface area contributed by atoms with Crippen molar-refractivity contribution in [3.8, 4) is 0 Å². The van der Waals surface area contributed by atoms with Crippen LogP contribution in [0.25, 0.3) is 0 Å². The van der Waals surface area contributed by atoms with Crippen molar-refractivity contribution in [2.24, 2.45) is 5.92 Å². The number of anilines is 1. The largest absolute Gasteiger partial charge is 0.416 e. The van der Waals surface area contributed by atoms with Crippen molar-refractivity contribution >= 4 is 21.6 Å². The number of nitrogens with zero attached hydrogens (tertiary/aromatic N) is 1. The molecule has 0 aliphatic heterocycles. The third-order valence-electron chi connectivity index (χ3n) is 4.39. The molecule has 164 valence electrons. The Morgan fingerprint density at radius 1 is 1.07 bits per heavy atom. The number of rotatable bonds is 8. The van der Waals surface area contributed by atoms with E-state index in [-0.39, 0.29) is 17.6 Å². The fourth-order valence-electron chi connectivity index (χ4n) is 3.04. The lowest BCUT2D eigenvalue weighted by Crippen LogP contribution is -2.42. The van der Waals surface area contributed by atoms with Crippen LogP contribution in [-0.4, -0.2) is 27.1 Å². The first-order valence-electron chi connectivity index (χ1n) is 9.37. The second-order valence-electron chi connectivity index (χ2n) is 7.48. The average molecular weight is 443 g/mol. The molecule has 0 aromatic heterocycles. The fraction of sp³-hybridized carbons (Fsp3) is 0.381. The van der Waals surface area contributed by atoms with Crippen molar-refractivity contribution in [1.82, 2.24) is 5.32 Å². The topological polar surface area (TPSA) is 66.5 Å². The first-order valence-corrected chi connectivity index (χ1v) is 11.2. The van der Waals surface area contributed by atoms with E-state index in [1.54, 1.807) is 0 Å². The van der Waals surface area contributed by atoms with E-state index in [0.29, 0.717) is 10.7 Å². The quantitative estimate of drug-likeness (QED) is 0.660. The van der Waals surface area contributed by atoms with Crippen LogP contribution in [0.1, 0.15) is 37.4 Å². The SMILES string of the molecule is CC(C)C[C@H](NC(=O)CN(c1cccc(C(F)(F)F)c1)S(C)(=O)=O)c1ccccc1. The molecule has 0 fully saturated rings. The molecule has 2 aromatic carbocycles. The van der Waals surface area contributed by atoms with Gasteiger partial charge in [-0.15, -0.1) is 0 Å². The molecule has 1 amide bonds. The smallest absolute Gasteiger partial charge is 0.348 e. The summed E-state index contributed by atoms with van der Waals surface area (Å²) < 4.78 is 64.2. The molecule has 9 heteroatoms. The van der Waals surface area contributed by atoms with E-state index in [2.05, 4.69) is 5.32 Å². The molecule has 0 radical (unpaired) electrons. The third kappa shape index (κ3) is 6.76. The van der Waals surface area contributed by atoms with Gasteiger partial charge in [-0.3, -0.25) is 9.10 Å². The van der Waals surface area contributed by atoms with Crippen molar-refractivity contribution in [1.29, 1.82) is 0 Å². The minimum Gasteiger partial charge on any atom is -0.348 e. The zero-order valence-corrected chi connectivity index (χ0v) is 17.8. The Kier molecular flexibility index (Phi) is 7.52. The highest BCUT2D eigenvalue weighted by molar-refractivity contribution is 7.92. The lowest BCUT2D eigenvalue weighted by molar-refractivity contribution is -0.137. The van der Waals surface area contributed by atoms with Gasteiger partial charge >= 0.3 is 6.18 Å². The predicted octanol–water partition coefficient (Wildman–Crippen LogP) is 4.38. The van der Waals surface area contributed by atoms with Gasteiger partial charge in [0, 0.05) is 0 Å². The monoisotopic (exact) mass is 442 g/mol. The average Bonchev–Trinajstić information content (AvgIpc) is 2.64. The van der Waals surface area contributed by atoms with Crippen LogP contribution in [0.4, 0.5) is 18.9 Å². The Balaban J connectivity index is 2.27. The molecule has 2 rings (SSSR count). The van der Waals surface area contributed by atoms with Gasteiger partial charge in [-0.05, 0) is 36.1 Å². The second-order valence-corrected chi connectivity index (χ2v) is 9.38. The summed E-state index contributed by atoms with van der Waals surface area (Å²) in [6, 6.07) is 12.8. The summed E-state index contributed by atoms with van der Waals surface area (Å²) in [5.41, 5.74) is -0.344. The van der Waals surface area contributed by atoms with Crippen molar-refractivity contribution in [3.05, 3.63) is 65.7 Å². The minimum atomic E-state index is -4.63. The molecule has 0 saturated carbocycles. The summed E-state index contributed by atoms with van der Waals surface area (Å²) in [5, 5.41) is 2.81. The van der Waals surface area contributed by atoms with Gasteiger partial charge in [-0.25, -0.2) is 8.42 Å². The molecule has 2 aromatic rings. The predicted molar refractivity (Wildman–Crippen MR) is 110 cm³/mol. The van der Waals surface area contributed by atoms with Gasteiger partial charge in [0.25, 0.3) is 0 Å². The summed E-state index contributed by atoms with van der Waals surface area (Å²) in [6.07, 6.45) is -3.15. The first-order chi connectivity index (χ1) is 13.9. The number of sulfonamides is 1. The minimum absolute atomic E-state index is 0.220. The van der Waals surface area contributed by atoms with Crippen molar-refractivity contribution in [3.63, 3.8) is 0 Å². The molecule has 0 unspecified atom stereocenters. The van der Waals surface area contributed by atoms with E-state index in [1.807, 2.05) is 44.2 Å². The Hall–Kier alpha value is -2.55. The molecular formula is C21H25F3N2O3S. The highest BCUT2D eigenvalue weighted by atomic mass is 32.2. The van der Waals surface area contributed by atoms with Crippen LogP contribution >= 0.6 is 0 Å². The zero-order chi connectivity index (χ0) is 22.5. The van der Waals surface area contributed by atoms with E-state index in [1.165, 1.54) is 6.07 Å². The van der Waals surface area contributed by atoms with Crippen LogP contribution in [0.15, 0.2) is 54.6 Å². The van der Waals surface area contributed by atoms with E-state index in [4.69, 9.17) is 0 Å². The molecule has 5 nitrogen and oxygen atoms in total. The Labute approximate surface area is 175 Å². The number of carbonyl (C=O) groups is 1. The maximum Gasteiger partial charge on any atom is 0.416 e. The number of nitrogens with one attached hydrogen (secondary N) is 1. The van der Waals surface area contributed by atoms with Crippen LogP contribution in [-0.2, 0) is 21.0 Å². The van der Waals surface area contributed by atoms with E-state index < -0.39 is 34.2 Å². The lowest BCUT2D eigenvalue weighted by Gasteiger charge is -2.26. The molecule has 0 heterocycles. The summed E-state index contributed by atoms with van der Waals surface area (Å²) in [4.78, 5) is 12.7. The van der Waals surface area contributed by atoms with Crippen LogP contribution in [0.2, 0.25) is 0 Å². The van der Waals surface area contributed by atoms with Crippen molar-refractivity contribution in [2.45, 2.75) is 32.5 Å². The third-order valence-corrected chi connectivity index (χ3v) is 5.53. The normalized spacial score (nSPS) is 13.2. The maximum atomic E-state index is 13.0. The number of hydrogen-bond acceptors (Lipinski definition) is 3. The van der Waals surface area contributed by atoms with Gasteiger partial charge < -0.3 is 5.32 Å². The number of halogens is 3. The molecule has 0 spiro atoms. The second kappa shape index (κ2) is 9.51. The van der Waals surface area contributed by atoms with Crippen LogP contribution in [0.3, 0.4) is 0 Å². The molecule has 0 aliphatic rings. The highest BCUT2D eigenvalue weighted by Crippen LogP contribution is 2.32. The number of carbonyl (C=O) groups excluding carboxylic acids is 1. The number of amides is 1. The number of hydrogen-bond donors (Lipinski definition) is 1. The van der Waals surface area contributed by atoms with E-state index in [0.717, 1.165) is 30.0 Å². The molecule has 0 bridgehead atoms. The fourth-order valence-corrected chi connectivity index (χ4v) is 3.89. The lowest BCUT2D eigenvalue weighted by atomic mass is 9.97. The summed E-state index contributed by atoms with van der Waals surface area (Å²) in [7, 11) is -3.99. The first kappa shape index (κ1) is 23.7. The van der Waals surface area contributed by atoms with Gasteiger partial charge in [0.15, 0.2) is 0 Å². The van der Waals surface area contributed by atoms with Crippen molar-refractivity contribution in [2.75, 3.05) is 17.1 Å². The van der Waals surface area contributed by atoms with Gasteiger partial charge in [0.05, 0.1) is 23.5 Å². The van der Waals surface area contributed by atoms with Crippen LogP contribution in [0, 0.1) is 5.92 Å².